The SMILES string of the molecule is CNC(NC1CC2COCC(C1)N2Cc1ccc(F)cc1)C(C#N)C#N. The van der Waals surface area contributed by atoms with Gasteiger partial charge in [0.15, 0.2) is 5.92 Å². The smallest absolute Gasteiger partial charge is 0.161 e. The van der Waals surface area contributed by atoms with Gasteiger partial charge in [-0.05, 0) is 37.6 Å². The molecule has 0 aliphatic carbocycles. The second kappa shape index (κ2) is 8.57. The first-order chi connectivity index (χ1) is 12.6. The van der Waals surface area contributed by atoms with Crippen molar-refractivity contribution in [3.63, 3.8) is 0 Å². The Hall–Kier alpha value is -2.03. The van der Waals surface area contributed by atoms with Crippen LogP contribution < -0.4 is 10.6 Å². The van der Waals surface area contributed by atoms with Crippen molar-refractivity contribution in [3.8, 4) is 12.1 Å². The Morgan fingerprint density at radius 3 is 2.35 bits per heavy atom. The lowest BCUT2D eigenvalue weighted by atomic mass is 9.89. The van der Waals surface area contributed by atoms with Gasteiger partial charge in [0.2, 0.25) is 0 Å². The zero-order valence-corrected chi connectivity index (χ0v) is 14.9. The van der Waals surface area contributed by atoms with Crippen LogP contribution in [-0.2, 0) is 11.3 Å². The number of piperidine rings is 1. The lowest BCUT2D eigenvalue weighted by Gasteiger charge is -2.49. The maximum Gasteiger partial charge on any atom is 0.161 e. The molecule has 26 heavy (non-hydrogen) atoms. The molecule has 0 spiro atoms. The second-order valence-electron chi connectivity index (χ2n) is 6.98. The van der Waals surface area contributed by atoms with E-state index >= 15 is 0 Å². The first-order valence-corrected chi connectivity index (χ1v) is 8.95. The summed E-state index contributed by atoms with van der Waals surface area (Å²) in [6.45, 7) is 2.11. The standard InChI is InChI=1S/C19H24FN5O/c1-23-19(14(8-21)9-22)24-16-6-17-11-26-12-18(7-16)25(17)10-13-2-4-15(20)5-3-13/h2-5,14,16-19,23-24H,6-7,10-12H2,1H3. The Labute approximate surface area is 153 Å². The summed E-state index contributed by atoms with van der Waals surface area (Å²) < 4.78 is 18.9. The fourth-order valence-electron chi connectivity index (χ4n) is 3.96. The summed E-state index contributed by atoms with van der Waals surface area (Å²) >= 11 is 0. The maximum absolute atomic E-state index is 13.1. The van der Waals surface area contributed by atoms with Crippen LogP contribution in [0.1, 0.15) is 18.4 Å². The lowest BCUT2D eigenvalue weighted by Crippen LogP contribution is -2.62. The van der Waals surface area contributed by atoms with Gasteiger partial charge in [0.05, 0.1) is 31.5 Å². The summed E-state index contributed by atoms with van der Waals surface area (Å²) in [6, 6.07) is 11.5. The quantitative estimate of drug-likeness (QED) is 0.748. The van der Waals surface area contributed by atoms with E-state index in [2.05, 4.69) is 15.5 Å². The van der Waals surface area contributed by atoms with Gasteiger partial charge in [0.25, 0.3) is 0 Å². The molecular weight excluding hydrogens is 333 g/mol. The van der Waals surface area contributed by atoms with E-state index in [0.717, 1.165) is 24.9 Å². The van der Waals surface area contributed by atoms with E-state index in [4.69, 9.17) is 15.3 Å². The van der Waals surface area contributed by atoms with Crippen molar-refractivity contribution in [1.29, 1.82) is 10.5 Å². The molecule has 0 saturated carbocycles. The number of hydrogen-bond donors (Lipinski definition) is 2. The number of morpholine rings is 1. The monoisotopic (exact) mass is 357 g/mol. The Balaban J connectivity index is 1.65. The van der Waals surface area contributed by atoms with Crippen molar-refractivity contribution in [2.24, 2.45) is 5.92 Å². The lowest BCUT2D eigenvalue weighted by molar-refractivity contribution is -0.0864. The van der Waals surface area contributed by atoms with Crippen LogP contribution in [0.4, 0.5) is 4.39 Å². The Morgan fingerprint density at radius 2 is 1.81 bits per heavy atom. The van der Waals surface area contributed by atoms with Crippen LogP contribution in [0.25, 0.3) is 0 Å². The summed E-state index contributed by atoms with van der Waals surface area (Å²) in [5.74, 6) is -0.948. The molecule has 2 heterocycles. The Bertz CT molecular complexity index is 655. The highest BCUT2D eigenvalue weighted by molar-refractivity contribution is 5.17. The highest BCUT2D eigenvalue weighted by Crippen LogP contribution is 2.30. The number of benzene rings is 1. The molecule has 6 nitrogen and oxygen atoms in total. The fraction of sp³-hybridized carbons (Fsp3) is 0.579. The largest absolute Gasteiger partial charge is 0.378 e. The average Bonchev–Trinajstić information content (AvgIpc) is 2.64. The van der Waals surface area contributed by atoms with E-state index < -0.39 is 5.92 Å². The second-order valence-corrected chi connectivity index (χ2v) is 6.98. The van der Waals surface area contributed by atoms with Crippen LogP contribution in [-0.4, -0.2) is 49.5 Å². The highest BCUT2D eigenvalue weighted by Gasteiger charge is 2.39. The molecule has 0 radical (unpaired) electrons. The zero-order chi connectivity index (χ0) is 18.5. The van der Waals surface area contributed by atoms with Crippen molar-refractivity contribution in [2.45, 2.75) is 43.7 Å². The van der Waals surface area contributed by atoms with Crippen LogP contribution in [0.15, 0.2) is 24.3 Å². The highest BCUT2D eigenvalue weighted by atomic mass is 19.1. The van der Waals surface area contributed by atoms with Crippen LogP contribution in [0.2, 0.25) is 0 Å². The van der Waals surface area contributed by atoms with Crippen LogP contribution in [0.3, 0.4) is 0 Å². The number of hydrogen-bond acceptors (Lipinski definition) is 6. The van der Waals surface area contributed by atoms with E-state index in [0.29, 0.717) is 13.2 Å². The third kappa shape index (κ3) is 4.20. The molecule has 2 aliphatic rings. The van der Waals surface area contributed by atoms with Crippen molar-refractivity contribution < 1.29 is 9.13 Å². The normalized spacial score (nSPS) is 26.9. The van der Waals surface area contributed by atoms with E-state index in [9.17, 15) is 4.39 Å². The van der Waals surface area contributed by atoms with Gasteiger partial charge in [-0.2, -0.15) is 10.5 Å². The topological polar surface area (TPSA) is 84.1 Å². The minimum atomic E-state index is -0.728. The van der Waals surface area contributed by atoms with Crippen LogP contribution in [0, 0.1) is 34.4 Å². The molecule has 2 bridgehead atoms. The molecule has 0 aromatic heterocycles. The maximum atomic E-state index is 13.1. The van der Waals surface area contributed by atoms with Gasteiger partial charge in [-0.25, -0.2) is 4.39 Å². The molecule has 2 fully saturated rings. The minimum Gasteiger partial charge on any atom is -0.378 e. The van der Waals surface area contributed by atoms with E-state index in [1.54, 1.807) is 7.05 Å². The van der Waals surface area contributed by atoms with Crippen LogP contribution >= 0.6 is 0 Å². The molecule has 1 aromatic rings. The molecule has 0 amide bonds. The molecule has 3 unspecified atom stereocenters. The third-order valence-electron chi connectivity index (χ3n) is 5.29. The number of rotatable bonds is 6. The molecule has 7 heteroatoms. The van der Waals surface area contributed by atoms with Gasteiger partial charge in [-0.3, -0.25) is 10.2 Å². The summed E-state index contributed by atoms with van der Waals surface area (Å²) in [6.07, 6.45) is 1.43. The van der Waals surface area contributed by atoms with E-state index in [-0.39, 0.29) is 30.1 Å². The predicted molar refractivity (Wildman–Crippen MR) is 94.1 cm³/mol. The number of nitrogens with one attached hydrogen (secondary N) is 2. The van der Waals surface area contributed by atoms with Crippen molar-refractivity contribution in [3.05, 3.63) is 35.6 Å². The van der Waals surface area contributed by atoms with Gasteiger partial charge in [-0.1, -0.05) is 12.1 Å². The fourth-order valence-corrected chi connectivity index (χ4v) is 3.96. The molecule has 1 aromatic carbocycles. The van der Waals surface area contributed by atoms with Gasteiger partial charge < -0.3 is 10.1 Å². The Kier molecular flexibility index (Phi) is 6.18. The summed E-state index contributed by atoms with van der Waals surface area (Å²) in [5.41, 5.74) is 1.09. The van der Waals surface area contributed by atoms with Crippen molar-refractivity contribution >= 4 is 0 Å². The number of nitriles is 2. The predicted octanol–water partition coefficient (Wildman–Crippen LogP) is 1.36. The van der Waals surface area contributed by atoms with Crippen molar-refractivity contribution in [1.82, 2.24) is 15.5 Å². The molecule has 2 saturated heterocycles. The number of fused-ring (bicyclic) bond motifs is 2. The van der Waals surface area contributed by atoms with E-state index in [1.165, 1.54) is 12.1 Å². The molecular formula is C19H24FN5O. The minimum absolute atomic E-state index is 0.220. The van der Waals surface area contributed by atoms with Gasteiger partial charge in [0, 0.05) is 24.7 Å². The summed E-state index contributed by atoms with van der Waals surface area (Å²) in [4.78, 5) is 2.44. The van der Waals surface area contributed by atoms with E-state index in [1.807, 2.05) is 24.3 Å². The third-order valence-corrected chi connectivity index (χ3v) is 5.29. The molecule has 138 valence electrons. The van der Waals surface area contributed by atoms with Gasteiger partial charge in [0.1, 0.15) is 5.82 Å². The summed E-state index contributed by atoms with van der Waals surface area (Å²) in [5, 5.41) is 24.8. The number of ether oxygens (including phenoxy) is 1. The van der Waals surface area contributed by atoms with Gasteiger partial charge >= 0.3 is 0 Å². The first-order valence-electron chi connectivity index (χ1n) is 8.95. The molecule has 2 aliphatic heterocycles. The number of nitrogens with zero attached hydrogens (tertiary/aromatic N) is 3. The van der Waals surface area contributed by atoms with Gasteiger partial charge in [-0.15, -0.1) is 0 Å². The Morgan fingerprint density at radius 1 is 1.19 bits per heavy atom. The summed E-state index contributed by atoms with van der Waals surface area (Å²) in [7, 11) is 1.76. The number of halogens is 1. The zero-order valence-electron chi connectivity index (χ0n) is 14.9. The molecule has 3 rings (SSSR count). The van der Waals surface area contributed by atoms with Crippen molar-refractivity contribution in [2.75, 3.05) is 20.3 Å². The molecule has 2 N–H and O–H groups in total. The molecule has 3 atom stereocenters. The van der Waals surface area contributed by atoms with Crippen LogP contribution in [0.5, 0.6) is 0 Å². The average molecular weight is 357 g/mol. The first kappa shape index (κ1) is 18.8.